The van der Waals surface area contributed by atoms with E-state index in [1.54, 1.807) is 0 Å². The number of Topliss-reactive ketones (excluding diaryl/α,β-unsaturated/α-hetero) is 1. The molecule has 0 aliphatic heterocycles. The predicted molar refractivity (Wildman–Crippen MR) is 117 cm³/mol. The number of hydrogen-bond donors (Lipinski definition) is 0. The van der Waals surface area contributed by atoms with Gasteiger partial charge in [0.05, 0.1) is 1.37 Å². The van der Waals surface area contributed by atoms with Crippen molar-refractivity contribution < 1.29 is 6.17 Å². The van der Waals surface area contributed by atoms with Gasteiger partial charge >= 0.3 is 0 Å². The van der Waals surface area contributed by atoms with Gasteiger partial charge in [0.25, 0.3) is 0 Å². The molecule has 1 heteroatoms. The second-order valence-corrected chi connectivity index (χ2v) is 11.0. The number of carbonyl (C=O) groups is 1. The Kier molecular flexibility index (Phi) is 4.63. The second-order valence-electron chi connectivity index (χ2n) is 11.0. The first kappa shape index (κ1) is 18.4. The molecule has 3 aliphatic carbocycles. The molecule has 0 saturated heterocycles. The minimum atomic E-state index is -0.0505. The van der Waals surface area contributed by atoms with Crippen LogP contribution < -0.4 is 0 Å². The Morgan fingerprint density at radius 2 is 2.07 bits per heavy atom. The highest BCUT2D eigenvalue weighted by molar-refractivity contribution is 5.87. The van der Waals surface area contributed by atoms with Gasteiger partial charge in [-0.3, -0.25) is 4.79 Å². The van der Waals surface area contributed by atoms with Crippen molar-refractivity contribution >= 4 is 11.8 Å². The lowest BCUT2D eigenvalue weighted by Crippen LogP contribution is -2.42. The molecule has 0 spiro atoms. The van der Waals surface area contributed by atoms with Gasteiger partial charge in [-0.25, -0.2) is 0 Å². The molecule has 3 aliphatic rings. The molecule has 1 aromatic carbocycles. The summed E-state index contributed by atoms with van der Waals surface area (Å²) in [5.74, 6) is 2.37. The Bertz CT molecular complexity index is 896. The lowest BCUT2D eigenvalue weighted by Gasteiger charge is -2.48. The molecule has 28 heavy (non-hydrogen) atoms. The first-order valence-electron chi connectivity index (χ1n) is 11.7. The van der Waals surface area contributed by atoms with Crippen molar-refractivity contribution in [1.82, 2.24) is 0 Å². The highest BCUT2D eigenvalue weighted by Gasteiger charge is 2.54. The Balaban J connectivity index is 1.61. The Morgan fingerprint density at radius 1 is 1.29 bits per heavy atom. The van der Waals surface area contributed by atoms with Crippen LogP contribution >= 0.6 is 0 Å². The normalized spacial score (nSPS) is 32.0. The van der Waals surface area contributed by atoms with E-state index in [0.717, 1.165) is 49.7 Å². The van der Waals surface area contributed by atoms with Crippen LogP contribution in [0.1, 0.15) is 97.1 Å². The molecule has 150 valence electrons. The van der Waals surface area contributed by atoms with Gasteiger partial charge in [-0.1, -0.05) is 45.9 Å². The largest absolute Gasteiger partial charge is 0.299 e. The lowest BCUT2D eigenvalue weighted by atomic mass is 9.55. The number of hydrogen-bond acceptors (Lipinski definition) is 1. The van der Waals surface area contributed by atoms with Gasteiger partial charge in [0.15, 0.2) is 0 Å². The van der Waals surface area contributed by atoms with E-state index < -0.39 is 0 Å². The maximum atomic E-state index is 12.5. The van der Waals surface area contributed by atoms with E-state index in [0.29, 0.717) is 29.6 Å². The molecular weight excluding hydrogens is 340 g/mol. The fraction of sp³-hybridized carbons (Fsp3) is 0.630. The highest BCUT2D eigenvalue weighted by atomic mass is 16.1. The van der Waals surface area contributed by atoms with Gasteiger partial charge in [-0.2, -0.15) is 0 Å². The van der Waals surface area contributed by atoms with E-state index in [2.05, 4.69) is 58.5 Å². The molecule has 4 atom stereocenters. The minimum Gasteiger partial charge on any atom is -0.299 e. The summed E-state index contributed by atoms with van der Waals surface area (Å²) in [5.41, 5.74) is 8.56. The zero-order valence-electron chi connectivity index (χ0n) is 19.3. The van der Waals surface area contributed by atoms with Crippen molar-refractivity contribution in [1.29, 1.82) is 0 Å². The first-order chi connectivity index (χ1) is 13.6. The lowest BCUT2D eigenvalue weighted by molar-refractivity contribution is -0.129. The molecular formula is C27H36O. The maximum absolute atomic E-state index is 12.5. The maximum Gasteiger partial charge on any atom is 0.139 e. The third-order valence-corrected chi connectivity index (χ3v) is 7.65. The minimum absolute atomic E-state index is 0.0505. The molecule has 0 amide bonds. The highest BCUT2D eigenvalue weighted by Crippen LogP contribution is 2.59. The van der Waals surface area contributed by atoms with Crippen molar-refractivity contribution in [2.24, 2.45) is 22.7 Å². The van der Waals surface area contributed by atoms with Crippen molar-refractivity contribution in [3.63, 3.8) is 0 Å². The van der Waals surface area contributed by atoms with Crippen LogP contribution in [-0.2, 0) is 11.2 Å². The van der Waals surface area contributed by atoms with Crippen molar-refractivity contribution in [2.45, 2.75) is 85.5 Å². The van der Waals surface area contributed by atoms with Crippen LogP contribution in [0.25, 0.3) is 6.05 Å². The summed E-state index contributed by atoms with van der Waals surface area (Å²) < 4.78 is 8.54. The van der Waals surface area contributed by atoms with Crippen molar-refractivity contribution in [3.05, 3.63) is 46.2 Å². The van der Waals surface area contributed by atoms with Crippen LogP contribution in [0.2, 0.25) is 0 Å². The van der Waals surface area contributed by atoms with Gasteiger partial charge in [0.1, 0.15) is 5.78 Å². The van der Waals surface area contributed by atoms with Crippen LogP contribution in [0.15, 0.2) is 29.5 Å². The standard InChI is InChI=1S/C27H36O/c1-18(17-26(2,3)4)6-7-19-8-10-21-20(16-19)9-11-23-22(21)14-15-27(5)24(23)12-13-25(27)28/h7-8,10,16,22-24H,9,11-15,17H2,1-5H3/t6?,22-,23-,24+,27+/m1/s1/i7D. The third-order valence-electron chi connectivity index (χ3n) is 7.65. The van der Waals surface area contributed by atoms with E-state index in [-0.39, 0.29) is 10.8 Å². The molecule has 2 fully saturated rings. The number of rotatable bonds is 2. The van der Waals surface area contributed by atoms with Crippen LogP contribution in [0.4, 0.5) is 0 Å². The molecule has 0 bridgehead atoms. The fourth-order valence-electron chi connectivity index (χ4n) is 6.45. The summed E-state index contributed by atoms with van der Waals surface area (Å²) in [6, 6.07) is 7.18. The summed E-state index contributed by atoms with van der Waals surface area (Å²) in [4.78, 5) is 12.5. The van der Waals surface area contributed by atoms with Crippen molar-refractivity contribution in [3.8, 4) is 0 Å². The predicted octanol–water partition coefficient (Wildman–Crippen LogP) is 7.11. The molecule has 0 unspecified atom stereocenters. The molecule has 1 aromatic rings. The molecule has 2 saturated carbocycles. The summed E-state index contributed by atoms with van der Waals surface area (Å²) in [6.07, 6.45) is 7.34. The molecule has 0 aromatic heterocycles. The van der Waals surface area contributed by atoms with E-state index >= 15 is 0 Å². The smallest absolute Gasteiger partial charge is 0.139 e. The average Bonchev–Trinajstić information content (AvgIpc) is 2.94. The number of aryl methyl sites for hydroxylation is 1. The van der Waals surface area contributed by atoms with Crippen molar-refractivity contribution in [2.75, 3.05) is 0 Å². The number of ketones is 1. The summed E-state index contributed by atoms with van der Waals surface area (Å²) in [6.45, 7) is 11.0. The monoisotopic (exact) mass is 377 g/mol. The van der Waals surface area contributed by atoms with Crippen LogP contribution in [0.5, 0.6) is 0 Å². The number of benzene rings is 1. The summed E-state index contributed by atoms with van der Waals surface area (Å²) in [7, 11) is 0. The van der Waals surface area contributed by atoms with E-state index in [4.69, 9.17) is 1.37 Å². The molecule has 0 N–H and O–H groups in total. The average molecular weight is 378 g/mol. The SMILES string of the molecule is [2H]C(=C=C(C)CC(C)(C)C)c1ccc2c(c1)CC[C@@H]1[C@@H]2CC[C@]2(C)C(=O)CC[C@@H]12. The van der Waals surface area contributed by atoms with E-state index in [9.17, 15) is 4.79 Å². The fourth-order valence-corrected chi connectivity index (χ4v) is 6.45. The van der Waals surface area contributed by atoms with Gasteiger partial charge in [0, 0.05) is 11.8 Å². The molecule has 1 nitrogen and oxygen atoms in total. The number of allylic oxidation sites excluding steroid dienone is 1. The van der Waals surface area contributed by atoms with Crippen LogP contribution in [0, 0.1) is 22.7 Å². The number of fused-ring (bicyclic) bond motifs is 5. The van der Waals surface area contributed by atoms with Gasteiger partial charge < -0.3 is 0 Å². The third kappa shape index (κ3) is 3.55. The summed E-state index contributed by atoms with van der Waals surface area (Å²) in [5, 5.41) is 0. The molecule has 4 rings (SSSR count). The van der Waals surface area contributed by atoms with Gasteiger partial charge in [0.2, 0.25) is 0 Å². The first-order valence-corrected chi connectivity index (χ1v) is 11.2. The molecule has 0 radical (unpaired) electrons. The Morgan fingerprint density at radius 3 is 2.82 bits per heavy atom. The zero-order valence-corrected chi connectivity index (χ0v) is 18.3. The van der Waals surface area contributed by atoms with Gasteiger partial charge in [-0.05, 0) is 96.9 Å². The Labute approximate surface area is 172 Å². The summed E-state index contributed by atoms with van der Waals surface area (Å²) >= 11 is 0. The van der Waals surface area contributed by atoms with E-state index in [1.165, 1.54) is 17.5 Å². The van der Waals surface area contributed by atoms with Crippen LogP contribution in [-0.4, -0.2) is 5.78 Å². The zero-order chi connectivity index (χ0) is 21.0. The van der Waals surface area contributed by atoms with E-state index in [1.807, 2.05) is 0 Å². The second kappa shape index (κ2) is 7.03. The molecule has 0 heterocycles. The number of carbonyl (C=O) groups excluding carboxylic acids is 1. The van der Waals surface area contributed by atoms with Gasteiger partial charge in [-0.15, -0.1) is 5.73 Å². The Hall–Kier alpha value is -1.59. The van der Waals surface area contributed by atoms with Crippen LogP contribution in [0.3, 0.4) is 0 Å². The topological polar surface area (TPSA) is 17.1 Å². The quantitative estimate of drug-likeness (QED) is 0.502.